The van der Waals surface area contributed by atoms with Crippen LogP contribution in [0.1, 0.15) is 79.1 Å². The van der Waals surface area contributed by atoms with E-state index in [2.05, 4.69) is 35.5 Å². The van der Waals surface area contributed by atoms with Gasteiger partial charge >= 0.3 is 0 Å². The van der Waals surface area contributed by atoms with Crippen molar-refractivity contribution in [1.82, 2.24) is 0 Å². The minimum atomic E-state index is -0.999. The fraction of sp³-hybridized carbons (Fsp3) is 1.00. The number of hydrogen-bond donors (Lipinski definition) is 3. The zero-order valence-corrected chi connectivity index (χ0v) is 17.5. The molecule has 154 valence electrons. The second-order valence-corrected chi connectivity index (χ2v) is 8.51. The molecule has 1 heterocycles. The van der Waals surface area contributed by atoms with Crippen LogP contribution in [0.3, 0.4) is 0 Å². The van der Waals surface area contributed by atoms with Gasteiger partial charge in [0.05, 0.1) is 19.3 Å². The number of aliphatic hydroxyl groups excluding tert-OH is 3. The Kier molecular flexibility index (Phi) is 10.1. The zero-order valence-electron chi connectivity index (χ0n) is 17.5. The minimum Gasteiger partial charge on any atom is -0.393 e. The maximum absolute atomic E-state index is 10.4. The van der Waals surface area contributed by atoms with Gasteiger partial charge in [0.25, 0.3) is 0 Å². The Morgan fingerprint density at radius 1 is 1.08 bits per heavy atom. The Labute approximate surface area is 160 Å². The molecule has 1 aliphatic rings. The lowest BCUT2D eigenvalue weighted by Gasteiger charge is -2.41. The van der Waals surface area contributed by atoms with Crippen molar-refractivity contribution in [2.75, 3.05) is 13.2 Å². The summed E-state index contributed by atoms with van der Waals surface area (Å²) in [5, 5.41) is 29.9. The Morgan fingerprint density at radius 3 is 2.15 bits per heavy atom. The zero-order chi connectivity index (χ0) is 19.8. The summed E-state index contributed by atoms with van der Waals surface area (Å²) in [6.45, 7) is 9.52. The SMILES string of the molecule is BC(CC)(CC)CC(CC)(CC)CCC(O)CCOC1OCC(O)C1O. The van der Waals surface area contributed by atoms with Crippen LogP contribution in [0.4, 0.5) is 0 Å². The second-order valence-electron chi connectivity index (χ2n) is 8.51. The summed E-state index contributed by atoms with van der Waals surface area (Å²) in [6, 6.07) is 0. The molecule has 0 spiro atoms. The number of rotatable bonds is 13. The van der Waals surface area contributed by atoms with Gasteiger partial charge in [-0.1, -0.05) is 58.7 Å². The van der Waals surface area contributed by atoms with Gasteiger partial charge < -0.3 is 24.8 Å². The molecule has 0 aliphatic carbocycles. The average Bonchev–Trinajstić information content (AvgIpc) is 2.97. The molecule has 4 atom stereocenters. The van der Waals surface area contributed by atoms with Crippen molar-refractivity contribution in [3.8, 4) is 0 Å². The molecule has 1 fully saturated rings. The van der Waals surface area contributed by atoms with Crippen molar-refractivity contribution in [2.24, 2.45) is 5.41 Å². The molecule has 5 nitrogen and oxygen atoms in total. The van der Waals surface area contributed by atoms with Crippen LogP contribution < -0.4 is 0 Å². The van der Waals surface area contributed by atoms with Crippen molar-refractivity contribution >= 4 is 7.85 Å². The molecule has 0 radical (unpaired) electrons. The fourth-order valence-electron chi connectivity index (χ4n) is 4.00. The third kappa shape index (κ3) is 6.79. The van der Waals surface area contributed by atoms with Crippen molar-refractivity contribution in [3.63, 3.8) is 0 Å². The van der Waals surface area contributed by atoms with Gasteiger partial charge in [-0.05, 0) is 31.1 Å². The monoisotopic (exact) mass is 372 g/mol. The Balaban J connectivity index is 2.42. The summed E-state index contributed by atoms with van der Waals surface area (Å²) < 4.78 is 10.6. The van der Waals surface area contributed by atoms with E-state index in [9.17, 15) is 15.3 Å². The van der Waals surface area contributed by atoms with Gasteiger partial charge in [0, 0.05) is 0 Å². The standard InChI is InChI=1S/C20H41BO5/c1-5-19(6-2,14-20(21,7-3)8-4)11-9-15(22)10-12-25-18-17(24)16(23)13-26-18/h15-18,22-24H,5-14,21H2,1-4H3. The number of aliphatic hydroxyl groups is 3. The van der Waals surface area contributed by atoms with Gasteiger partial charge in [0.1, 0.15) is 20.1 Å². The molecular formula is C20H41BO5. The van der Waals surface area contributed by atoms with Crippen molar-refractivity contribution < 1.29 is 24.8 Å². The van der Waals surface area contributed by atoms with Crippen molar-refractivity contribution in [3.05, 3.63) is 0 Å². The molecule has 0 aromatic rings. The van der Waals surface area contributed by atoms with Crippen LogP contribution in [0.25, 0.3) is 0 Å². The van der Waals surface area contributed by atoms with E-state index in [1.807, 2.05) is 0 Å². The van der Waals surface area contributed by atoms with Gasteiger partial charge in [-0.25, -0.2) is 0 Å². The van der Waals surface area contributed by atoms with E-state index >= 15 is 0 Å². The van der Waals surface area contributed by atoms with Gasteiger partial charge in [0.15, 0.2) is 6.29 Å². The van der Waals surface area contributed by atoms with Crippen LogP contribution in [0.2, 0.25) is 5.31 Å². The van der Waals surface area contributed by atoms with E-state index in [1.165, 1.54) is 19.3 Å². The van der Waals surface area contributed by atoms with E-state index in [0.717, 1.165) is 25.7 Å². The molecule has 0 bridgehead atoms. The van der Waals surface area contributed by atoms with Gasteiger partial charge in [0.2, 0.25) is 0 Å². The Hall–Kier alpha value is -0.135. The first-order valence-electron chi connectivity index (χ1n) is 10.5. The van der Waals surface area contributed by atoms with Crippen LogP contribution in [0.5, 0.6) is 0 Å². The lowest BCUT2D eigenvalue weighted by atomic mass is 9.55. The maximum Gasteiger partial charge on any atom is 0.186 e. The quantitative estimate of drug-likeness (QED) is 0.433. The van der Waals surface area contributed by atoms with E-state index < -0.39 is 24.6 Å². The van der Waals surface area contributed by atoms with Crippen LogP contribution in [0, 0.1) is 5.41 Å². The van der Waals surface area contributed by atoms with E-state index in [4.69, 9.17) is 9.47 Å². The molecule has 1 saturated heterocycles. The molecule has 0 aromatic heterocycles. The number of ether oxygens (including phenoxy) is 2. The summed E-state index contributed by atoms with van der Waals surface area (Å²) in [4.78, 5) is 0. The molecular weight excluding hydrogens is 331 g/mol. The first kappa shape index (κ1) is 23.9. The highest BCUT2D eigenvalue weighted by molar-refractivity contribution is 6.15. The average molecular weight is 372 g/mol. The molecule has 3 N–H and O–H groups in total. The Bertz CT molecular complexity index is 384. The first-order valence-corrected chi connectivity index (χ1v) is 10.5. The summed E-state index contributed by atoms with van der Waals surface area (Å²) in [6.07, 6.45) is 5.12. The van der Waals surface area contributed by atoms with Gasteiger partial charge in [-0.15, -0.1) is 0 Å². The van der Waals surface area contributed by atoms with Crippen LogP contribution in [-0.2, 0) is 9.47 Å². The number of hydrogen-bond acceptors (Lipinski definition) is 5. The van der Waals surface area contributed by atoms with Gasteiger partial charge in [-0.2, -0.15) is 0 Å². The highest BCUT2D eigenvalue weighted by atomic mass is 16.7. The molecule has 0 aromatic carbocycles. The smallest absolute Gasteiger partial charge is 0.186 e. The van der Waals surface area contributed by atoms with E-state index in [-0.39, 0.29) is 12.0 Å². The summed E-state index contributed by atoms with van der Waals surface area (Å²) in [5.74, 6) is 0. The highest BCUT2D eigenvalue weighted by Gasteiger charge is 2.36. The van der Waals surface area contributed by atoms with E-state index in [0.29, 0.717) is 18.3 Å². The van der Waals surface area contributed by atoms with Crippen molar-refractivity contribution in [1.29, 1.82) is 0 Å². The normalized spacial score (nSPS) is 25.6. The maximum atomic E-state index is 10.4. The largest absolute Gasteiger partial charge is 0.393 e. The predicted octanol–water partition coefficient (Wildman–Crippen LogP) is 2.42. The lowest BCUT2D eigenvalue weighted by molar-refractivity contribution is -0.156. The molecule has 26 heavy (non-hydrogen) atoms. The predicted molar refractivity (Wildman–Crippen MR) is 107 cm³/mol. The van der Waals surface area contributed by atoms with Crippen LogP contribution >= 0.6 is 0 Å². The first-order chi connectivity index (χ1) is 12.2. The molecule has 6 heteroatoms. The summed E-state index contributed by atoms with van der Waals surface area (Å²) in [5.41, 5.74) is 0.289. The lowest BCUT2D eigenvalue weighted by Crippen LogP contribution is -2.32. The fourth-order valence-corrected chi connectivity index (χ4v) is 4.00. The molecule has 0 amide bonds. The molecule has 0 saturated carbocycles. The second kappa shape index (κ2) is 11.0. The topological polar surface area (TPSA) is 79.2 Å². The third-order valence-electron chi connectivity index (χ3n) is 6.85. The molecule has 4 unspecified atom stereocenters. The third-order valence-corrected chi connectivity index (χ3v) is 6.85. The molecule has 1 rings (SSSR count). The van der Waals surface area contributed by atoms with E-state index in [1.54, 1.807) is 0 Å². The summed E-state index contributed by atoms with van der Waals surface area (Å²) >= 11 is 0. The minimum absolute atomic E-state index is 0.0948. The highest BCUT2D eigenvalue weighted by Crippen LogP contribution is 2.48. The molecule has 1 aliphatic heterocycles. The Morgan fingerprint density at radius 2 is 1.69 bits per heavy atom. The van der Waals surface area contributed by atoms with Crippen LogP contribution in [0.15, 0.2) is 0 Å². The van der Waals surface area contributed by atoms with Gasteiger partial charge in [-0.3, -0.25) is 0 Å². The van der Waals surface area contributed by atoms with Crippen LogP contribution in [-0.4, -0.2) is 61.0 Å². The van der Waals surface area contributed by atoms with Crippen molar-refractivity contribution in [2.45, 2.75) is 109 Å². The summed E-state index contributed by atoms with van der Waals surface area (Å²) in [7, 11) is 2.39.